The summed E-state index contributed by atoms with van der Waals surface area (Å²) in [6, 6.07) is 8.27. The van der Waals surface area contributed by atoms with E-state index in [9.17, 15) is 5.11 Å². The van der Waals surface area contributed by atoms with Crippen molar-refractivity contribution in [3.63, 3.8) is 0 Å². The first kappa shape index (κ1) is 14.2. The lowest BCUT2D eigenvalue weighted by Crippen LogP contribution is -2.17. The lowest BCUT2D eigenvalue weighted by atomic mass is 9.81. The van der Waals surface area contributed by atoms with Crippen LogP contribution in [0.3, 0.4) is 0 Å². The number of hydrogen-bond donors (Lipinski definition) is 1. The number of rotatable bonds is 4. The van der Waals surface area contributed by atoms with Crippen LogP contribution in [0.2, 0.25) is 0 Å². The first-order chi connectivity index (χ1) is 7.86. The Morgan fingerprint density at radius 2 is 1.76 bits per heavy atom. The van der Waals surface area contributed by atoms with Crippen molar-refractivity contribution in [3.05, 3.63) is 35.4 Å². The van der Waals surface area contributed by atoms with Gasteiger partial charge in [0.25, 0.3) is 0 Å². The molecule has 0 amide bonds. The van der Waals surface area contributed by atoms with Crippen molar-refractivity contribution < 1.29 is 5.11 Å². The van der Waals surface area contributed by atoms with Gasteiger partial charge in [0, 0.05) is 0 Å². The number of aliphatic hydroxyl groups excluding tert-OH is 1. The van der Waals surface area contributed by atoms with Crippen molar-refractivity contribution in [2.24, 2.45) is 5.92 Å². The van der Waals surface area contributed by atoms with E-state index in [2.05, 4.69) is 52.8 Å². The van der Waals surface area contributed by atoms with E-state index in [-0.39, 0.29) is 11.5 Å². The van der Waals surface area contributed by atoms with E-state index in [0.29, 0.717) is 5.92 Å². The molecule has 1 heteroatoms. The molecule has 0 bridgehead atoms. The zero-order chi connectivity index (χ0) is 13.1. The summed E-state index contributed by atoms with van der Waals surface area (Å²) < 4.78 is 0. The largest absolute Gasteiger partial charge is 0.388 e. The van der Waals surface area contributed by atoms with Gasteiger partial charge in [0.2, 0.25) is 0 Å². The van der Waals surface area contributed by atoms with Crippen LogP contribution >= 0.6 is 0 Å². The SMILES string of the molecule is CCC(C)CC(O)c1ccccc1C(C)(C)C. The number of hydrogen-bond acceptors (Lipinski definition) is 1. The van der Waals surface area contributed by atoms with Crippen molar-refractivity contribution in [1.82, 2.24) is 0 Å². The predicted octanol–water partition coefficient (Wildman–Crippen LogP) is 4.45. The van der Waals surface area contributed by atoms with Crippen molar-refractivity contribution >= 4 is 0 Å². The molecule has 0 aliphatic rings. The van der Waals surface area contributed by atoms with E-state index in [1.807, 2.05) is 6.07 Å². The van der Waals surface area contributed by atoms with Crippen molar-refractivity contribution in [3.8, 4) is 0 Å². The second-order valence-corrected chi connectivity index (χ2v) is 6.10. The maximum Gasteiger partial charge on any atom is 0.0795 e. The standard InChI is InChI=1S/C16H26O/c1-6-12(2)11-15(17)13-9-7-8-10-14(13)16(3,4)5/h7-10,12,15,17H,6,11H2,1-5H3. The van der Waals surface area contributed by atoms with Crippen LogP contribution in [0.1, 0.15) is 64.7 Å². The highest BCUT2D eigenvalue weighted by atomic mass is 16.3. The van der Waals surface area contributed by atoms with Crippen LogP contribution in [-0.4, -0.2) is 5.11 Å². The van der Waals surface area contributed by atoms with E-state index in [1.54, 1.807) is 0 Å². The highest BCUT2D eigenvalue weighted by Crippen LogP contribution is 2.32. The van der Waals surface area contributed by atoms with Gasteiger partial charge in [-0.05, 0) is 28.9 Å². The molecular weight excluding hydrogens is 208 g/mol. The fourth-order valence-electron chi connectivity index (χ4n) is 2.15. The molecule has 2 unspecified atom stereocenters. The normalized spacial score (nSPS) is 15.6. The molecule has 0 aliphatic heterocycles. The summed E-state index contributed by atoms with van der Waals surface area (Å²) in [6.07, 6.45) is 1.64. The Balaban J connectivity index is 2.97. The summed E-state index contributed by atoms with van der Waals surface area (Å²) >= 11 is 0. The highest BCUT2D eigenvalue weighted by Gasteiger charge is 2.21. The van der Waals surface area contributed by atoms with Gasteiger partial charge in [-0.15, -0.1) is 0 Å². The third kappa shape index (κ3) is 3.85. The van der Waals surface area contributed by atoms with Gasteiger partial charge in [0.15, 0.2) is 0 Å². The van der Waals surface area contributed by atoms with E-state index >= 15 is 0 Å². The van der Waals surface area contributed by atoms with Crippen molar-refractivity contribution in [2.45, 2.75) is 59.0 Å². The number of benzene rings is 1. The van der Waals surface area contributed by atoms with Crippen LogP contribution in [0.25, 0.3) is 0 Å². The van der Waals surface area contributed by atoms with Crippen LogP contribution < -0.4 is 0 Å². The Hall–Kier alpha value is -0.820. The van der Waals surface area contributed by atoms with E-state index in [0.717, 1.165) is 18.4 Å². The molecule has 0 heterocycles. The fraction of sp³-hybridized carbons (Fsp3) is 0.625. The molecule has 1 aromatic rings. The third-order valence-corrected chi connectivity index (χ3v) is 3.45. The monoisotopic (exact) mass is 234 g/mol. The molecule has 0 radical (unpaired) electrons. The molecule has 0 spiro atoms. The molecule has 1 nitrogen and oxygen atoms in total. The number of aliphatic hydroxyl groups is 1. The van der Waals surface area contributed by atoms with E-state index in [4.69, 9.17) is 0 Å². The second kappa shape index (κ2) is 5.68. The van der Waals surface area contributed by atoms with Gasteiger partial charge in [-0.2, -0.15) is 0 Å². The van der Waals surface area contributed by atoms with Gasteiger partial charge in [-0.25, -0.2) is 0 Å². The predicted molar refractivity (Wildman–Crippen MR) is 74.2 cm³/mol. The zero-order valence-electron chi connectivity index (χ0n) is 11.8. The van der Waals surface area contributed by atoms with Gasteiger partial charge in [0.05, 0.1) is 6.10 Å². The molecule has 96 valence electrons. The molecule has 1 aromatic carbocycles. The second-order valence-electron chi connectivity index (χ2n) is 6.10. The Morgan fingerprint density at radius 3 is 2.29 bits per heavy atom. The van der Waals surface area contributed by atoms with Gasteiger partial charge < -0.3 is 5.11 Å². The molecule has 0 aromatic heterocycles. The molecule has 0 saturated heterocycles. The summed E-state index contributed by atoms with van der Waals surface area (Å²) in [5, 5.41) is 10.4. The lowest BCUT2D eigenvalue weighted by Gasteiger charge is -2.26. The molecule has 2 atom stereocenters. The van der Waals surface area contributed by atoms with Crippen molar-refractivity contribution in [1.29, 1.82) is 0 Å². The third-order valence-electron chi connectivity index (χ3n) is 3.45. The fourth-order valence-corrected chi connectivity index (χ4v) is 2.15. The Bertz CT molecular complexity index is 349. The Labute approximate surface area is 106 Å². The Kier molecular flexibility index (Phi) is 4.76. The summed E-state index contributed by atoms with van der Waals surface area (Å²) in [5.74, 6) is 0.568. The van der Waals surface area contributed by atoms with Gasteiger partial charge >= 0.3 is 0 Å². The molecular formula is C16H26O. The van der Waals surface area contributed by atoms with Crippen LogP contribution in [0, 0.1) is 5.92 Å². The summed E-state index contributed by atoms with van der Waals surface area (Å²) in [7, 11) is 0. The molecule has 0 fully saturated rings. The first-order valence-electron chi connectivity index (χ1n) is 6.63. The Morgan fingerprint density at radius 1 is 1.18 bits per heavy atom. The molecule has 17 heavy (non-hydrogen) atoms. The minimum absolute atomic E-state index is 0.0903. The maximum atomic E-state index is 10.4. The lowest BCUT2D eigenvalue weighted by molar-refractivity contribution is 0.144. The van der Waals surface area contributed by atoms with Crippen LogP contribution in [0.5, 0.6) is 0 Å². The van der Waals surface area contributed by atoms with Gasteiger partial charge in [-0.1, -0.05) is 65.3 Å². The molecule has 0 saturated carbocycles. The van der Waals surface area contributed by atoms with Crippen LogP contribution in [-0.2, 0) is 5.41 Å². The average Bonchev–Trinajstić information content (AvgIpc) is 2.27. The summed E-state index contributed by atoms with van der Waals surface area (Å²) in [5.41, 5.74) is 2.45. The van der Waals surface area contributed by atoms with Crippen LogP contribution in [0.4, 0.5) is 0 Å². The summed E-state index contributed by atoms with van der Waals surface area (Å²) in [4.78, 5) is 0. The minimum atomic E-state index is -0.333. The maximum absolute atomic E-state index is 10.4. The van der Waals surface area contributed by atoms with Gasteiger partial charge in [0.1, 0.15) is 0 Å². The quantitative estimate of drug-likeness (QED) is 0.816. The minimum Gasteiger partial charge on any atom is -0.388 e. The topological polar surface area (TPSA) is 20.2 Å². The van der Waals surface area contributed by atoms with Crippen molar-refractivity contribution in [2.75, 3.05) is 0 Å². The molecule has 1 N–H and O–H groups in total. The smallest absolute Gasteiger partial charge is 0.0795 e. The molecule has 0 aliphatic carbocycles. The molecule has 1 rings (SSSR count). The highest BCUT2D eigenvalue weighted by molar-refractivity contribution is 5.34. The zero-order valence-corrected chi connectivity index (χ0v) is 11.8. The first-order valence-corrected chi connectivity index (χ1v) is 6.63. The van der Waals surface area contributed by atoms with E-state index < -0.39 is 0 Å². The van der Waals surface area contributed by atoms with Gasteiger partial charge in [-0.3, -0.25) is 0 Å². The average molecular weight is 234 g/mol. The van der Waals surface area contributed by atoms with Crippen LogP contribution in [0.15, 0.2) is 24.3 Å². The summed E-state index contributed by atoms with van der Waals surface area (Å²) in [6.45, 7) is 11.0. The van der Waals surface area contributed by atoms with E-state index in [1.165, 1.54) is 5.56 Å².